The number of fused-ring (bicyclic) bond motifs is 1. The fourth-order valence-electron chi connectivity index (χ4n) is 3.97. The van der Waals surface area contributed by atoms with E-state index in [0.29, 0.717) is 16.6 Å². The van der Waals surface area contributed by atoms with E-state index in [2.05, 4.69) is 25.5 Å². The van der Waals surface area contributed by atoms with Gasteiger partial charge in [0, 0.05) is 23.3 Å². The molecule has 0 spiro atoms. The average molecular weight is 481 g/mol. The van der Waals surface area contributed by atoms with Crippen LogP contribution in [0.4, 0.5) is 0 Å². The quantitative estimate of drug-likeness (QED) is 0.374. The van der Waals surface area contributed by atoms with Crippen molar-refractivity contribution < 1.29 is 9.32 Å². The van der Waals surface area contributed by atoms with E-state index in [0.717, 1.165) is 11.1 Å². The van der Waals surface area contributed by atoms with Crippen molar-refractivity contribution in [3.05, 3.63) is 107 Å². The number of pyridine rings is 1. The Morgan fingerprint density at radius 2 is 1.67 bits per heavy atom. The first-order valence-corrected chi connectivity index (χ1v) is 11.6. The summed E-state index contributed by atoms with van der Waals surface area (Å²) in [5.41, 5.74) is 1.56. The molecular formula is C27H24N6O3. The van der Waals surface area contributed by atoms with E-state index < -0.39 is 11.9 Å². The summed E-state index contributed by atoms with van der Waals surface area (Å²) in [6.45, 7) is 4.14. The second-order valence-electron chi connectivity index (χ2n) is 8.73. The molecule has 3 aromatic heterocycles. The van der Waals surface area contributed by atoms with E-state index in [9.17, 15) is 9.59 Å². The SMILES string of the molecule is CC(C)C(NC(=O)c1nn(Cc2ccccc2)c(=O)c2ccccc12)c1nc(-c2ccncc2)no1. The van der Waals surface area contributed by atoms with Crippen molar-refractivity contribution in [2.45, 2.75) is 26.4 Å². The van der Waals surface area contributed by atoms with Crippen LogP contribution in [0.2, 0.25) is 0 Å². The number of nitrogens with one attached hydrogen (secondary N) is 1. The van der Waals surface area contributed by atoms with E-state index in [1.165, 1.54) is 4.68 Å². The van der Waals surface area contributed by atoms with Crippen molar-refractivity contribution in [1.29, 1.82) is 0 Å². The lowest BCUT2D eigenvalue weighted by Crippen LogP contribution is -2.35. The monoisotopic (exact) mass is 480 g/mol. The Morgan fingerprint density at radius 3 is 2.39 bits per heavy atom. The summed E-state index contributed by atoms with van der Waals surface area (Å²) < 4.78 is 6.84. The Labute approximate surface area is 206 Å². The van der Waals surface area contributed by atoms with Crippen molar-refractivity contribution in [2.24, 2.45) is 5.92 Å². The summed E-state index contributed by atoms with van der Waals surface area (Å²) in [5.74, 6) is 0.205. The van der Waals surface area contributed by atoms with Crippen molar-refractivity contribution in [1.82, 2.24) is 30.2 Å². The van der Waals surface area contributed by atoms with Crippen molar-refractivity contribution in [3.8, 4) is 11.4 Å². The van der Waals surface area contributed by atoms with Crippen LogP contribution in [-0.4, -0.2) is 30.8 Å². The maximum absolute atomic E-state index is 13.6. The number of hydrogen-bond donors (Lipinski definition) is 1. The first-order valence-electron chi connectivity index (χ1n) is 11.6. The predicted molar refractivity (Wildman–Crippen MR) is 134 cm³/mol. The zero-order chi connectivity index (χ0) is 25.1. The second-order valence-corrected chi connectivity index (χ2v) is 8.73. The molecule has 0 aliphatic carbocycles. The zero-order valence-corrected chi connectivity index (χ0v) is 19.8. The summed E-state index contributed by atoms with van der Waals surface area (Å²) in [6, 6.07) is 19.5. The van der Waals surface area contributed by atoms with E-state index in [-0.39, 0.29) is 29.6 Å². The molecule has 9 heteroatoms. The first kappa shape index (κ1) is 23.1. The summed E-state index contributed by atoms with van der Waals surface area (Å²) in [4.78, 5) is 35.2. The van der Waals surface area contributed by atoms with Crippen LogP contribution < -0.4 is 10.9 Å². The molecule has 5 rings (SSSR count). The molecule has 0 saturated carbocycles. The highest BCUT2D eigenvalue weighted by atomic mass is 16.5. The van der Waals surface area contributed by atoms with Gasteiger partial charge in [-0.1, -0.05) is 67.5 Å². The van der Waals surface area contributed by atoms with E-state index >= 15 is 0 Å². The van der Waals surface area contributed by atoms with Gasteiger partial charge in [-0.3, -0.25) is 14.6 Å². The molecule has 0 saturated heterocycles. The molecule has 36 heavy (non-hydrogen) atoms. The lowest BCUT2D eigenvalue weighted by atomic mass is 10.0. The molecule has 2 aromatic carbocycles. The molecular weight excluding hydrogens is 456 g/mol. The highest BCUT2D eigenvalue weighted by Gasteiger charge is 2.27. The molecule has 9 nitrogen and oxygen atoms in total. The molecule has 1 unspecified atom stereocenters. The van der Waals surface area contributed by atoms with Gasteiger partial charge >= 0.3 is 0 Å². The van der Waals surface area contributed by atoms with E-state index in [1.54, 1.807) is 48.8 Å². The van der Waals surface area contributed by atoms with E-state index in [1.807, 2.05) is 44.2 Å². The molecule has 0 aliphatic rings. The minimum absolute atomic E-state index is 0.0545. The number of carbonyl (C=O) groups excluding carboxylic acids is 1. The Bertz CT molecular complexity index is 1560. The van der Waals surface area contributed by atoms with Crippen LogP contribution in [0.25, 0.3) is 22.2 Å². The Balaban J connectivity index is 1.50. The number of rotatable bonds is 7. The van der Waals surface area contributed by atoms with Crippen LogP contribution in [0.3, 0.4) is 0 Å². The molecule has 1 N–H and O–H groups in total. The summed E-state index contributed by atoms with van der Waals surface area (Å²) in [7, 11) is 0. The van der Waals surface area contributed by atoms with Gasteiger partial charge in [-0.25, -0.2) is 4.68 Å². The lowest BCUT2D eigenvalue weighted by Gasteiger charge is -2.19. The summed E-state index contributed by atoms with van der Waals surface area (Å²) >= 11 is 0. The molecule has 3 heterocycles. The van der Waals surface area contributed by atoms with Crippen molar-refractivity contribution in [2.75, 3.05) is 0 Å². The van der Waals surface area contributed by atoms with Gasteiger partial charge in [0.05, 0.1) is 11.9 Å². The minimum atomic E-state index is -0.560. The van der Waals surface area contributed by atoms with Crippen LogP contribution in [0.5, 0.6) is 0 Å². The molecule has 0 bridgehead atoms. The Hall–Kier alpha value is -4.66. The van der Waals surface area contributed by atoms with Gasteiger partial charge < -0.3 is 9.84 Å². The third-order valence-electron chi connectivity index (χ3n) is 5.86. The van der Waals surface area contributed by atoms with Gasteiger partial charge in [-0.05, 0) is 29.7 Å². The smallest absolute Gasteiger partial charge is 0.274 e. The normalized spacial score (nSPS) is 12.1. The van der Waals surface area contributed by atoms with Gasteiger partial charge in [0.2, 0.25) is 11.7 Å². The van der Waals surface area contributed by atoms with Crippen molar-refractivity contribution in [3.63, 3.8) is 0 Å². The lowest BCUT2D eigenvalue weighted by molar-refractivity contribution is 0.0908. The van der Waals surface area contributed by atoms with Gasteiger partial charge in [-0.2, -0.15) is 10.1 Å². The number of nitrogens with zero attached hydrogens (tertiary/aromatic N) is 5. The summed E-state index contributed by atoms with van der Waals surface area (Å²) in [6.07, 6.45) is 3.29. The fourth-order valence-corrected chi connectivity index (χ4v) is 3.97. The maximum atomic E-state index is 13.6. The van der Waals surface area contributed by atoms with Crippen LogP contribution in [0.15, 0.2) is 88.4 Å². The molecule has 0 aliphatic heterocycles. The predicted octanol–water partition coefficient (Wildman–Crippen LogP) is 4.02. The number of benzene rings is 2. The van der Waals surface area contributed by atoms with Crippen LogP contribution in [0, 0.1) is 5.92 Å². The molecule has 1 amide bonds. The van der Waals surface area contributed by atoms with Crippen LogP contribution in [-0.2, 0) is 6.54 Å². The van der Waals surface area contributed by atoms with E-state index in [4.69, 9.17) is 4.52 Å². The Morgan fingerprint density at radius 1 is 0.972 bits per heavy atom. The third kappa shape index (κ3) is 4.63. The van der Waals surface area contributed by atoms with Crippen LogP contribution in [0.1, 0.15) is 41.8 Å². The van der Waals surface area contributed by atoms with Crippen molar-refractivity contribution >= 4 is 16.7 Å². The standard InChI is InChI=1S/C27H24N6O3/c1-17(2)22(26-30-24(32-36-26)19-12-14-28-15-13-19)29-25(34)23-20-10-6-7-11-21(20)27(35)33(31-23)16-18-8-4-3-5-9-18/h3-15,17,22H,16H2,1-2H3,(H,29,34). The largest absolute Gasteiger partial charge is 0.339 e. The number of carbonyl (C=O) groups is 1. The molecule has 180 valence electrons. The topological polar surface area (TPSA) is 116 Å². The fraction of sp³-hybridized carbons (Fsp3) is 0.185. The second kappa shape index (κ2) is 9.91. The first-order chi connectivity index (χ1) is 17.5. The Kier molecular flexibility index (Phi) is 6.36. The highest BCUT2D eigenvalue weighted by molar-refractivity contribution is 6.04. The minimum Gasteiger partial charge on any atom is -0.339 e. The molecule has 0 radical (unpaired) electrons. The van der Waals surface area contributed by atoms with Gasteiger partial charge in [-0.15, -0.1) is 0 Å². The number of hydrogen-bond acceptors (Lipinski definition) is 7. The number of amides is 1. The maximum Gasteiger partial charge on any atom is 0.274 e. The molecule has 0 fully saturated rings. The number of aromatic nitrogens is 5. The van der Waals surface area contributed by atoms with Gasteiger partial charge in [0.25, 0.3) is 11.5 Å². The van der Waals surface area contributed by atoms with Crippen LogP contribution >= 0.6 is 0 Å². The zero-order valence-electron chi connectivity index (χ0n) is 19.8. The highest BCUT2D eigenvalue weighted by Crippen LogP contribution is 2.24. The average Bonchev–Trinajstić information content (AvgIpc) is 3.40. The molecule has 1 atom stereocenters. The third-order valence-corrected chi connectivity index (χ3v) is 5.86. The van der Waals surface area contributed by atoms with Gasteiger partial charge in [0.15, 0.2) is 5.69 Å². The molecule has 5 aromatic rings. The van der Waals surface area contributed by atoms with Gasteiger partial charge in [0.1, 0.15) is 6.04 Å². The summed E-state index contributed by atoms with van der Waals surface area (Å²) in [5, 5.41) is 12.4.